The monoisotopic (exact) mass is 275 g/mol. The molecule has 1 aliphatic rings. The molecule has 0 radical (unpaired) electrons. The van der Waals surface area contributed by atoms with Gasteiger partial charge in [-0.05, 0) is 47.3 Å². The maximum Gasteiger partial charge on any atom is 0.102 e. The van der Waals surface area contributed by atoms with Crippen molar-refractivity contribution in [3.63, 3.8) is 0 Å². The Balaban J connectivity index is 2.21. The predicted octanol–water partition coefficient (Wildman–Crippen LogP) is 2.42. The van der Waals surface area contributed by atoms with Gasteiger partial charge in [-0.3, -0.25) is 0 Å². The minimum absolute atomic E-state index is 0.598. The van der Waals surface area contributed by atoms with Crippen LogP contribution in [0.1, 0.15) is 17.7 Å². The Kier molecular flexibility index (Phi) is 2.98. The second kappa shape index (κ2) is 3.93. The van der Waals surface area contributed by atoms with Crippen LogP contribution >= 0.6 is 27.3 Å². The van der Waals surface area contributed by atoms with Crippen molar-refractivity contribution in [2.75, 3.05) is 20.1 Å². The number of hydrogen-bond donors (Lipinski definition) is 1. The first kappa shape index (κ1) is 10.6. The molecule has 2 heterocycles. The Morgan fingerprint density at radius 3 is 2.64 bits per heavy atom. The van der Waals surface area contributed by atoms with Crippen LogP contribution in [0, 0.1) is 0 Å². The van der Waals surface area contributed by atoms with E-state index in [4.69, 9.17) is 0 Å². The molecule has 0 spiro atoms. The molecule has 0 aliphatic carbocycles. The number of thiophene rings is 1. The van der Waals surface area contributed by atoms with Gasteiger partial charge in [0.1, 0.15) is 5.60 Å². The van der Waals surface area contributed by atoms with E-state index in [1.807, 2.05) is 11.4 Å². The standard InChI is InChI=1S/C10H14BrNOS/c1-12-5-3-10(13,4-6-12)9-8(11)2-7-14-9/h2,7,13H,3-6H2,1H3. The number of nitrogens with zero attached hydrogens (tertiary/aromatic N) is 1. The van der Waals surface area contributed by atoms with Gasteiger partial charge in [-0.2, -0.15) is 0 Å². The molecule has 0 amide bonds. The third-order valence-electron chi connectivity index (χ3n) is 2.85. The molecule has 0 atom stereocenters. The first-order valence-corrected chi connectivity index (χ1v) is 6.43. The molecule has 1 fully saturated rings. The topological polar surface area (TPSA) is 23.5 Å². The highest BCUT2D eigenvalue weighted by atomic mass is 79.9. The average molecular weight is 276 g/mol. The van der Waals surface area contributed by atoms with E-state index in [-0.39, 0.29) is 0 Å². The molecule has 1 aromatic rings. The van der Waals surface area contributed by atoms with Crippen molar-refractivity contribution in [2.24, 2.45) is 0 Å². The molecular weight excluding hydrogens is 262 g/mol. The minimum atomic E-state index is -0.598. The van der Waals surface area contributed by atoms with Gasteiger partial charge in [-0.1, -0.05) is 0 Å². The van der Waals surface area contributed by atoms with Gasteiger partial charge >= 0.3 is 0 Å². The lowest BCUT2D eigenvalue weighted by molar-refractivity contribution is -0.0177. The zero-order chi connectivity index (χ0) is 10.2. The molecule has 1 aliphatic heterocycles. The zero-order valence-corrected chi connectivity index (χ0v) is 10.6. The Morgan fingerprint density at radius 1 is 1.50 bits per heavy atom. The summed E-state index contributed by atoms with van der Waals surface area (Å²) >= 11 is 5.13. The van der Waals surface area contributed by atoms with E-state index in [2.05, 4.69) is 27.9 Å². The van der Waals surface area contributed by atoms with Gasteiger partial charge in [0.15, 0.2) is 0 Å². The van der Waals surface area contributed by atoms with Gasteiger partial charge in [0.05, 0.1) is 4.88 Å². The van der Waals surface area contributed by atoms with E-state index >= 15 is 0 Å². The Labute approximate surface area is 96.7 Å². The van der Waals surface area contributed by atoms with Crippen LogP contribution in [0.4, 0.5) is 0 Å². The average Bonchev–Trinajstić information content (AvgIpc) is 2.58. The molecule has 0 bridgehead atoms. The van der Waals surface area contributed by atoms with E-state index < -0.39 is 5.60 Å². The highest BCUT2D eigenvalue weighted by molar-refractivity contribution is 9.10. The smallest absolute Gasteiger partial charge is 0.102 e. The lowest BCUT2D eigenvalue weighted by atomic mass is 9.90. The third-order valence-corrected chi connectivity index (χ3v) is 4.89. The zero-order valence-electron chi connectivity index (χ0n) is 8.16. The van der Waals surface area contributed by atoms with E-state index in [9.17, 15) is 5.11 Å². The third kappa shape index (κ3) is 1.89. The summed E-state index contributed by atoms with van der Waals surface area (Å²) in [6, 6.07) is 2.01. The maximum absolute atomic E-state index is 10.5. The van der Waals surface area contributed by atoms with Gasteiger partial charge in [-0.15, -0.1) is 11.3 Å². The maximum atomic E-state index is 10.5. The van der Waals surface area contributed by atoms with Gasteiger partial charge < -0.3 is 10.0 Å². The second-order valence-electron chi connectivity index (χ2n) is 3.93. The van der Waals surface area contributed by atoms with E-state index in [0.717, 1.165) is 35.3 Å². The highest BCUT2D eigenvalue weighted by Gasteiger charge is 2.35. The Bertz CT molecular complexity index is 318. The molecule has 0 unspecified atom stereocenters. The summed E-state index contributed by atoms with van der Waals surface area (Å²) in [5, 5.41) is 12.5. The van der Waals surface area contributed by atoms with Crippen LogP contribution < -0.4 is 0 Å². The van der Waals surface area contributed by atoms with Crippen LogP contribution in [0.5, 0.6) is 0 Å². The quantitative estimate of drug-likeness (QED) is 0.851. The molecule has 1 saturated heterocycles. The van der Waals surface area contributed by atoms with Crippen LogP contribution in [0.3, 0.4) is 0 Å². The first-order chi connectivity index (χ1) is 6.62. The van der Waals surface area contributed by atoms with Crippen LogP contribution in [0.25, 0.3) is 0 Å². The number of hydrogen-bond acceptors (Lipinski definition) is 3. The van der Waals surface area contributed by atoms with E-state index in [1.54, 1.807) is 11.3 Å². The van der Waals surface area contributed by atoms with Gasteiger partial charge in [0.25, 0.3) is 0 Å². The van der Waals surface area contributed by atoms with E-state index in [0.29, 0.717) is 0 Å². The molecule has 4 heteroatoms. The Hall–Kier alpha value is 0.100. The fourth-order valence-electron chi connectivity index (χ4n) is 1.84. The first-order valence-electron chi connectivity index (χ1n) is 4.76. The fourth-order valence-corrected chi connectivity index (χ4v) is 3.74. The van der Waals surface area contributed by atoms with Gasteiger partial charge in [0.2, 0.25) is 0 Å². The summed E-state index contributed by atoms with van der Waals surface area (Å²) < 4.78 is 1.05. The van der Waals surface area contributed by atoms with Gasteiger partial charge in [-0.25, -0.2) is 0 Å². The number of halogens is 1. The fraction of sp³-hybridized carbons (Fsp3) is 0.600. The highest BCUT2D eigenvalue weighted by Crippen LogP contribution is 2.39. The van der Waals surface area contributed by atoms with Crippen molar-refractivity contribution in [2.45, 2.75) is 18.4 Å². The summed E-state index contributed by atoms with van der Waals surface area (Å²) in [4.78, 5) is 3.35. The van der Waals surface area contributed by atoms with Crippen LogP contribution in [0.2, 0.25) is 0 Å². The lowest BCUT2D eigenvalue weighted by Gasteiger charge is -2.36. The SMILES string of the molecule is CN1CCC(O)(c2sccc2Br)CC1. The van der Waals surface area contributed by atoms with Crippen LogP contribution in [-0.4, -0.2) is 30.1 Å². The van der Waals surface area contributed by atoms with Crippen LogP contribution in [0.15, 0.2) is 15.9 Å². The number of likely N-dealkylation sites (tertiary alicyclic amines) is 1. The van der Waals surface area contributed by atoms with Crippen molar-refractivity contribution in [1.82, 2.24) is 4.90 Å². The predicted molar refractivity (Wildman–Crippen MR) is 62.6 cm³/mol. The summed E-state index contributed by atoms with van der Waals surface area (Å²) in [6.07, 6.45) is 1.67. The summed E-state index contributed by atoms with van der Waals surface area (Å²) in [5.74, 6) is 0. The normalized spacial score (nSPS) is 22.5. The van der Waals surface area contributed by atoms with Crippen molar-refractivity contribution >= 4 is 27.3 Å². The van der Waals surface area contributed by atoms with Crippen LogP contribution in [-0.2, 0) is 5.60 Å². The lowest BCUT2D eigenvalue weighted by Crippen LogP contribution is -2.40. The molecular formula is C10H14BrNOS. The summed E-state index contributed by atoms with van der Waals surface area (Å²) in [6.45, 7) is 1.95. The number of piperidine rings is 1. The molecule has 78 valence electrons. The van der Waals surface area contributed by atoms with Crippen molar-refractivity contribution in [1.29, 1.82) is 0 Å². The van der Waals surface area contributed by atoms with Crippen molar-refractivity contribution in [3.05, 3.63) is 20.8 Å². The summed E-state index contributed by atoms with van der Waals surface area (Å²) in [7, 11) is 2.10. The molecule has 14 heavy (non-hydrogen) atoms. The molecule has 0 saturated carbocycles. The molecule has 2 nitrogen and oxygen atoms in total. The van der Waals surface area contributed by atoms with Crippen molar-refractivity contribution in [3.8, 4) is 0 Å². The van der Waals surface area contributed by atoms with E-state index in [1.165, 1.54) is 0 Å². The molecule has 0 aromatic carbocycles. The molecule has 1 N–H and O–H groups in total. The number of aliphatic hydroxyl groups is 1. The largest absolute Gasteiger partial charge is 0.384 e. The molecule has 2 rings (SSSR count). The Morgan fingerprint density at radius 2 is 2.14 bits per heavy atom. The second-order valence-corrected chi connectivity index (χ2v) is 5.70. The summed E-state index contributed by atoms with van der Waals surface area (Å²) in [5.41, 5.74) is -0.598. The molecule has 1 aromatic heterocycles. The van der Waals surface area contributed by atoms with Crippen molar-refractivity contribution < 1.29 is 5.11 Å². The van der Waals surface area contributed by atoms with Gasteiger partial charge in [0, 0.05) is 17.6 Å². The minimum Gasteiger partial charge on any atom is -0.384 e. The number of rotatable bonds is 1.